The van der Waals surface area contributed by atoms with Crippen LogP contribution in [-0.4, -0.2) is 17.0 Å². The van der Waals surface area contributed by atoms with Gasteiger partial charge in [0.25, 0.3) is 0 Å². The number of hydrogen-bond donors (Lipinski definition) is 0. The number of rotatable bonds is 3. The lowest BCUT2D eigenvalue weighted by Crippen LogP contribution is -2.38. The Bertz CT molecular complexity index is 162. The van der Waals surface area contributed by atoms with Gasteiger partial charge in [-0.15, -0.1) is 0 Å². The molecule has 0 aliphatic carbocycles. The van der Waals surface area contributed by atoms with E-state index in [-0.39, 0.29) is 0 Å². The number of likely N-dealkylation sites (tertiary alicyclic amines) is 1. The molecule has 0 amide bonds. The van der Waals surface area contributed by atoms with Gasteiger partial charge in [0.15, 0.2) is 0 Å². The second-order valence-electron chi connectivity index (χ2n) is 4.57. The lowest BCUT2D eigenvalue weighted by atomic mass is 9.88. The lowest BCUT2D eigenvalue weighted by molar-refractivity contribution is 0.187. The van der Waals surface area contributed by atoms with Crippen LogP contribution in [0.15, 0.2) is 12.8 Å². The Balaban J connectivity index is 2.61. The number of hydrogen-bond acceptors (Lipinski definition) is 1. The molecule has 0 aromatic heterocycles. The van der Waals surface area contributed by atoms with Crippen LogP contribution >= 0.6 is 0 Å². The van der Waals surface area contributed by atoms with Gasteiger partial charge in [-0.05, 0) is 38.3 Å². The van der Waals surface area contributed by atoms with Crippen LogP contribution < -0.4 is 0 Å². The lowest BCUT2D eigenvalue weighted by Gasteiger charge is -2.35. The van der Waals surface area contributed by atoms with Crippen molar-refractivity contribution in [1.82, 2.24) is 4.90 Å². The molecular formula is C11H21N. The normalized spacial score (nSPS) is 29.8. The van der Waals surface area contributed by atoms with Gasteiger partial charge in [-0.1, -0.05) is 20.4 Å². The van der Waals surface area contributed by atoms with Crippen molar-refractivity contribution in [3.8, 4) is 0 Å². The summed E-state index contributed by atoms with van der Waals surface area (Å²) in [6, 6.07) is 0. The van der Waals surface area contributed by atoms with Gasteiger partial charge in [0.2, 0.25) is 0 Å². The summed E-state index contributed by atoms with van der Waals surface area (Å²) >= 11 is 0. The third-order valence-electron chi connectivity index (χ3n) is 2.88. The molecule has 1 fully saturated rings. The van der Waals surface area contributed by atoms with Gasteiger partial charge in [-0.3, -0.25) is 0 Å². The zero-order valence-electron chi connectivity index (χ0n) is 8.64. The minimum absolute atomic E-state index is 0.399. The summed E-state index contributed by atoms with van der Waals surface area (Å²) in [5.41, 5.74) is 0.399. The van der Waals surface area contributed by atoms with Crippen molar-refractivity contribution >= 4 is 0 Å². The van der Waals surface area contributed by atoms with E-state index in [1.54, 1.807) is 0 Å². The van der Waals surface area contributed by atoms with Gasteiger partial charge in [-0.2, -0.15) is 0 Å². The summed E-state index contributed by atoms with van der Waals surface area (Å²) in [6.07, 6.45) is 5.96. The summed E-state index contributed by atoms with van der Waals surface area (Å²) in [6.45, 7) is 12.0. The highest BCUT2D eigenvalue weighted by atomic mass is 15.2. The summed E-state index contributed by atoms with van der Waals surface area (Å²) in [4.78, 5) is 2.41. The molecule has 1 heteroatoms. The van der Waals surface area contributed by atoms with Crippen LogP contribution in [0, 0.1) is 5.92 Å². The first-order chi connectivity index (χ1) is 5.58. The monoisotopic (exact) mass is 167 g/mol. The van der Waals surface area contributed by atoms with E-state index in [1.165, 1.54) is 25.8 Å². The number of nitrogens with zero attached hydrogens (tertiary/aromatic N) is 1. The molecule has 0 bridgehead atoms. The second-order valence-corrected chi connectivity index (χ2v) is 4.57. The highest BCUT2D eigenvalue weighted by Crippen LogP contribution is 2.34. The Kier molecular flexibility index (Phi) is 2.81. The quantitative estimate of drug-likeness (QED) is 0.624. The molecule has 1 saturated heterocycles. The fourth-order valence-corrected chi connectivity index (χ4v) is 2.45. The van der Waals surface area contributed by atoms with E-state index in [0.29, 0.717) is 5.54 Å². The molecule has 1 heterocycles. The largest absolute Gasteiger partial charge is 0.373 e. The van der Waals surface area contributed by atoms with Gasteiger partial charge in [-0.25, -0.2) is 0 Å². The molecule has 0 aromatic carbocycles. The Morgan fingerprint density at radius 2 is 2.25 bits per heavy atom. The molecule has 0 N–H and O–H groups in total. The van der Waals surface area contributed by atoms with Gasteiger partial charge in [0.1, 0.15) is 0 Å². The highest BCUT2D eigenvalue weighted by Gasteiger charge is 2.34. The van der Waals surface area contributed by atoms with Crippen molar-refractivity contribution in [1.29, 1.82) is 0 Å². The van der Waals surface area contributed by atoms with E-state index in [4.69, 9.17) is 0 Å². The minimum Gasteiger partial charge on any atom is -0.373 e. The first-order valence-electron chi connectivity index (χ1n) is 4.98. The van der Waals surface area contributed by atoms with E-state index in [0.717, 1.165) is 5.92 Å². The van der Waals surface area contributed by atoms with E-state index >= 15 is 0 Å². The van der Waals surface area contributed by atoms with E-state index in [2.05, 4.69) is 32.3 Å². The van der Waals surface area contributed by atoms with Crippen molar-refractivity contribution in [3.63, 3.8) is 0 Å². The van der Waals surface area contributed by atoms with Crippen molar-refractivity contribution in [2.45, 2.75) is 45.6 Å². The van der Waals surface area contributed by atoms with Crippen LogP contribution in [-0.2, 0) is 0 Å². The standard InChI is InChI=1S/C11H21N/c1-5-12-8-6-7-11(12,4)9-10(2)3/h5,10H,1,6-9H2,2-4H3. The van der Waals surface area contributed by atoms with Crippen LogP contribution in [0.3, 0.4) is 0 Å². The van der Waals surface area contributed by atoms with Crippen LogP contribution in [0.4, 0.5) is 0 Å². The van der Waals surface area contributed by atoms with Crippen molar-refractivity contribution in [2.24, 2.45) is 5.92 Å². The first kappa shape index (κ1) is 9.63. The molecule has 1 nitrogen and oxygen atoms in total. The van der Waals surface area contributed by atoms with Crippen LogP contribution in [0.1, 0.15) is 40.0 Å². The van der Waals surface area contributed by atoms with Gasteiger partial charge in [0.05, 0.1) is 0 Å². The molecule has 1 aliphatic rings. The van der Waals surface area contributed by atoms with Gasteiger partial charge < -0.3 is 4.90 Å². The summed E-state index contributed by atoms with van der Waals surface area (Å²) < 4.78 is 0. The van der Waals surface area contributed by atoms with Crippen molar-refractivity contribution in [2.75, 3.05) is 6.54 Å². The molecule has 1 aliphatic heterocycles. The third kappa shape index (κ3) is 1.82. The average Bonchev–Trinajstić information content (AvgIpc) is 2.28. The molecule has 0 saturated carbocycles. The van der Waals surface area contributed by atoms with Gasteiger partial charge >= 0.3 is 0 Å². The molecule has 0 radical (unpaired) electrons. The second kappa shape index (κ2) is 3.51. The highest BCUT2D eigenvalue weighted by molar-refractivity contribution is 4.96. The Labute approximate surface area is 76.5 Å². The Morgan fingerprint density at radius 1 is 1.58 bits per heavy atom. The SMILES string of the molecule is C=CN1CCCC1(C)CC(C)C. The topological polar surface area (TPSA) is 3.24 Å². The van der Waals surface area contributed by atoms with Crippen molar-refractivity contribution in [3.05, 3.63) is 12.8 Å². The molecular weight excluding hydrogens is 146 g/mol. The van der Waals surface area contributed by atoms with Crippen molar-refractivity contribution < 1.29 is 0 Å². The smallest absolute Gasteiger partial charge is 0.0371 e. The summed E-state index contributed by atoms with van der Waals surface area (Å²) in [5, 5.41) is 0. The molecule has 1 atom stereocenters. The maximum absolute atomic E-state index is 3.87. The van der Waals surface area contributed by atoms with Crippen LogP contribution in [0.2, 0.25) is 0 Å². The Hall–Kier alpha value is -0.460. The van der Waals surface area contributed by atoms with E-state index < -0.39 is 0 Å². The predicted octanol–water partition coefficient (Wildman–Crippen LogP) is 3.03. The summed E-state index contributed by atoms with van der Waals surface area (Å²) in [5.74, 6) is 0.788. The maximum atomic E-state index is 3.87. The Morgan fingerprint density at radius 3 is 2.75 bits per heavy atom. The van der Waals surface area contributed by atoms with Gasteiger partial charge in [0, 0.05) is 12.1 Å². The minimum atomic E-state index is 0.399. The van der Waals surface area contributed by atoms with E-state index in [9.17, 15) is 0 Å². The maximum Gasteiger partial charge on any atom is 0.0371 e. The molecule has 70 valence electrons. The predicted molar refractivity (Wildman–Crippen MR) is 54.0 cm³/mol. The third-order valence-corrected chi connectivity index (χ3v) is 2.88. The summed E-state index contributed by atoms with van der Waals surface area (Å²) in [7, 11) is 0. The van der Waals surface area contributed by atoms with Crippen LogP contribution in [0.5, 0.6) is 0 Å². The zero-order valence-corrected chi connectivity index (χ0v) is 8.64. The molecule has 0 aromatic rings. The fraction of sp³-hybridized carbons (Fsp3) is 0.818. The fourth-order valence-electron chi connectivity index (χ4n) is 2.45. The zero-order chi connectivity index (χ0) is 9.19. The molecule has 1 unspecified atom stereocenters. The average molecular weight is 167 g/mol. The molecule has 12 heavy (non-hydrogen) atoms. The molecule has 1 rings (SSSR count). The van der Waals surface area contributed by atoms with Crippen LogP contribution in [0.25, 0.3) is 0 Å². The first-order valence-corrected chi connectivity index (χ1v) is 4.98. The van der Waals surface area contributed by atoms with E-state index in [1.807, 2.05) is 6.20 Å². The molecule has 0 spiro atoms.